The Morgan fingerprint density at radius 1 is 0.571 bits per heavy atom. The predicted octanol–water partition coefficient (Wildman–Crippen LogP) is 7.08. The summed E-state index contributed by atoms with van der Waals surface area (Å²) in [4.78, 5) is 92.4. The van der Waals surface area contributed by atoms with E-state index in [0.29, 0.717) is 55.6 Å². The zero-order chi connectivity index (χ0) is 50.3. The molecule has 4 aliphatic rings. The molecule has 366 valence electrons. The maximum Gasteiger partial charge on any atom is 0.272 e. The van der Waals surface area contributed by atoms with Gasteiger partial charge in [-0.3, -0.25) is 28.8 Å². The smallest absolute Gasteiger partial charge is 0.272 e. The Morgan fingerprint density at radius 3 is 1.30 bits per heavy atom. The van der Waals surface area contributed by atoms with Crippen LogP contribution in [-0.2, 0) is 28.8 Å². The topological polar surface area (TPSA) is 210 Å². The number of benzodiazepines with no additional fused rings is 2. The van der Waals surface area contributed by atoms with Crippen LogP contribution in [0.15, 0.2) is 131 Å². The molecular weight excluding hydrogens is 881 g/mol. The number of allylic oxidation sites excluding steroid dienone is 2. The number of carbonyl (C=O) groups is 6. The van der Waals surface area contributed by atoms with Gasteiger partial charge in [0.1, 0.15) is 0 Å². The normalized spacial score (nSPS) is 19.9. The lowest BCUT2D eigenvalue weighted by atomic mass is 9.69. The van der Waals surface area contributed by atoms with Crippen molar-refractivity contribution in [1.82, 2.24) is 10.6 Å². The maximum absolute atomic E-state index is 13.8. The van der Waals surface area contributed by atoms with Gasteiger partial charge in [-0.2, -0.15) is 0 Å². The maximum atomic E-state index is 13.8. The number of benzene rings is 4. The largest absolute Gasteiger partial charge is 0.369 e. The summed E-state index contributed by atoms with van der Waals surface area (Å²) in [5.74, 6) is -3.27. The lowest BCUT2D eigenvalue weighted by molar-refractivity contribution is -0.142. The lowest BCUT2D eigenvalue weighted by Crippen LogP contribution is -2.53. The molecule has 6 N–H and O–H groups in total. The quantitative estimate of drug-likeness (QED) is 0.0971. The van der Waals surface area contributed by atoms with E-state index in [0.717, 1.165) is 40.8 Å². The Bertz CT molecular complexity index is 2520. The fraction of sp³-hybridized carbons (Fsp3) is 0.393. The van der Waals surface area contributed by atoms with Crippen LogP contribution < -0.4 is 31.9 Å². The monoisotopic (exact) mass is 947 g/mol. The van der Waals surface area contributed by atoms with Gasteiger partial charge in [-0.1, -0.05) is 150 Å². The fourth-order valence-electron chi connectivity index (χ4n) is 10.6. The van der Waals surface area contributed by atoms with Gasteiger partial charge in [-0.15, -0.1) is 0 Å². The summed E-state index contributed by atoms with van der Waals surface area (Å²) in [5.41, 5.74) is 15.9. The minimum Gasteiger partial charge on any atom is -0.369 e. The van der Waals surface area contributed by atoms with Crippen LogP contribution in [-0.4, -0.2) is 73.3 Å². The van der Waals surface area contributed by atoms with Gasteiger partial charge in [0.05, 0.1) is 45.5 Å². The Labute approximate surface area is 411 Å². The first kappa shape index (κ1) is 50.7. The van der Waals surface area contributed by atoms with Crippen molar-refractivity contribution in [2.24, 2.45) is 56.0 Å². The molecule has 0 radical (unpaired) electrons. The van der Waals surface area contributed by atoms with E-state index in [9.17, 15) is 28.8 Å². The summed E-state index contributed by atoms with van der Waals surface area (Å²) < 4.78 is 0. The molecule has 4 aromatic rings. The number of fused-ring (bicyclic) bond motifs is 2. The number of anilines is 2. The van der Waals surface area contributed by atoms with E-state index in [1.54, 1.807) is 14.1 Å². The minimum absolute atomic E-state index is 0.155. The number of nitrogens with zero attached hydrogens (tertiary/aromatic N) is 4. The van der Waals surface area contributed by atoms with Gasteiger partial charge in [0.15, 0.2) is 0 Å². The second kappa shape index (κ2) is 21.6. The number of amides is 6. The van der Waals surface area contributed by atoms with Crippen LogP contribution in [0.2, 0.25) is 0 Å². The van der Waals surface area contributed by atoms with Crippen molar-refractivity contribution in [2.45, 2.75) is 91.4 Å². The molecule has 0 bridgehead atoms. The third kappa shape index (κ3) is 10.4. The summed E-state index contributed by atoms with van der Waals surface area (Å²) in [7, 11) is 3.37. The number of aliphatic imine (C=N–C) groups is 2. The third-order valence-electron chi connectivity index (χ3n) is 14.3. The van der Waals surface area contributed by atoms with Gasteiger partial charge in [0, 0.05) is 36.3 Å². The Balaban J connectivity index is 0.000000206. The number of hydrogen-bond acceptors (Lipinski definition) is 8. The second-order valence-corrected chi connectivity index (χ2v) is 19.8. The van der Waals surface area contributed by atoms with E-state index in [1.165, 1.54) is 9.80 Å². The molecule has 0 unspecified atom stereocenters. The molecule has 2 aliphatic carbocycles. The van der Waals surface area contributed by atoms with E-state index in [1.807, 2.05) is 149 Å². The van der Waals surface area contributed by atoms with Crippen molar-refractivity contribution in [1.29, 1.82) is 0 Å². The molecular formula is C56H66N8O6. The summed E-state index contributed by atoms with van der Waals surface area (Å²) in [6, 6.07) is 34.4. The zero-order valence-corrected chi connectivity index (χ0v) is 41.1. The van der Waals surface area contributed by atoms with Crippen molar-refractivity contribution in [3.05, 3.63) is 144 Å². The molecule has 8 rings (SSSR count). The van der Waals surface area contributed by atoms with Crippen LogP contribution in [0.1, 0.15) is 101 Å². The molecule has 0 saturated heterocycles. The molecule has 6 amide bonds. The predicted molar refractivity (Wildman–Crippen MR) is 274 cm³/mol. The fourth-order valence-corrected chi connectivity index (χ4v) is 10.6. The molecule has 1 saturated carbocycles. The van der Waals surface area contributed by atoms with Gasteiger partial charge in [0.2, 0.25) is 36.0 Å². The molecule has 4 aromatic carbocycles. The van der Waals surface area contributed by atoms with E-state index in [4.69, 9.17) is 21.5 Å². The van der Waals surface area contributed by atoms with Gasteiger partial charge >= 0.3 is 0 Å². The van der Waals surface area contributed by atoms with E-state index in [2.05, 4.69) is 10.6 Å². The van der Waals surface area contributed by atoms with Crippen molar-refractivity contribution in [3.63, 3.8) is 0 Å². The number of primary amides is 2. The van der Waals surface area contributed by atoms with Crippen LogP contribution in [0.5, 0.6) is 0 Å². The Morgan fingerprint density at radius 2 is 0.929 bits per heavy atom. The summed E-state index contributed by atoms with van der Waals surface area (Å²) >= 11 is 0. The average Bonchev–Trinajstić information content (AvgIpc) is 4.04. The number of para-hydroxylation sites is 2. The molecule has 4 atom stereocenters. The van der Waals surface area contributed by atoms with Crippen LogP contribution in [0.4, 0.5) is 11.4 Å². The number of nitrogens with two attached hydrogens (primary N) is 2. The summed E-state index contributed by atoms with van der Waals surface area (Å²) in [6.07, 6.45) is 6.28. The number of rotatable bonds is 14. The standard InChI is InChI=1S/C28H34N4O3.C28H32N4O3/c2*1-18(2)17-21(28(27(29)35)15-9-10-16-28)25(33)31-24-26(34)32(3)22-14-8-7-13-20(22)23(30-24)19-11-5-4-6-12-19/h4-8,11-14,18,21,24H,9-10,15-17H2,1-3H3,(H2,29,35)(H,31,33);4-14,18,21,24H,15-17H2,1-3H3,(H2,29,35)(H,31,33)/t2*21-,24+/m00/s1. The molecule has 0 spiro atoms. The highest BCUT2D eigenvalue weighted by Crippen LogP contribution is 2.47. The highest BCUT2D eigenvalue weighted by molar-refractivity contribution is 6.21. The first-order valence-electron chi connectivity index (χ1n) is 24.3. The number of nitrogens with one attached hydrogen (secondary N) is 2. The number of likely N-dealkylation sites (N-methyl/N-ethyl adjacent to an activating group) is 2. The molecule has 2 aliphatic heterocycles. The molecule has 14 nitrogen and oxygen atoms in total. The van der Waals surface area contributed by atoms with Gasteiger partial charge in [0.25, 0.3) is 11.8 Å². The first-order valence-corrected chi connectivity index (χ1v) is 24.3. The minimum atomic E-state index is -1.14. The van der Waals surface area contributed by atoms with Crippen LogP contribution >= 0.6 is 0 Å². The van der Waals surface area contributed by atoms with E-state index >= 15 is 0 Å². The van der Waals surface area contributed by atoms with Crippen LogP contribution in [0.3, 0.4) is 0 Å². The highest BCUT2D eigenvalue weighted by Gasteiger charge is 2.51. The van der Waals surface area contributed by atoms with Crippen molar-refractivity contribution in [3.8, 4) is 0 Å². The second-order valence-electron chi connectivity index (χ2n) is 19.8. The number of hydrogen-bond donors (Lipinski definition) is 4. The Hall–Kier alpha value is -7.22. The third-order valence-corrected chi connectivity index (χ3v) is 14.3. The van der Waals surface area contributed by atoms with E-state index in [-0.39, 0.29) is 35.5 Å². The van der Waals surface area contributed by atoms with Gasteiger partial charge < -0.3 is 31.9 Å². The van der Waals surface area contributed by atoms with Gasteiger partial charge in [-0.25, -0.2) is 9.98 Å². The van der Waals surface area contributed by atoms with Crippen LogP contribution in [0.25, 0.3) is 0 Å². The summed E-state index contributed by atoms with van der Waals surface area (Å²) in [6.45, 7) is 8.06. The number of carbonyl (C=O) groups excluding carboxylic acids is 6. The Kier molecular flexibility index (Phi) is 15.6. The molecule has 2 heterocycles. The van der Waals surface area contributed by atoms with Crippen molar-refractivity contribution in [2.75, 3.05) is 23.9 Å². The highest BCUT2D eigenvalue weighted by atomic mass is 16.2. The van der Waals surface area contributed by atoms with Crippen LogP contribution in [0, 0.1) is 34.5 Å². The molecule has 0 aromatic heterocycles. The SMILES string of the molecule is CC(C)C[C@@H](C(=O)N[C@H]1N=C(c2ccccc2)c2ccccc2N(C)C1=O)C1(C(N)=O)CC=CC1.CC(C)C[C@@H](C(=O)N[C@H]1N=C(c2ccccc2)c2ccccc2N(C)C1=O)C1(C(N)=O)CCCC1. The first-order chi connectivity index (χ1) is 33.5. The molecule has 70 heavy (non-hydrogen) atoms. The zero-order valence-electron chi connectivity index (χ0n) is 41.1. The van der Waals surface area contributed by atoms with E-state index < -0.39 is 46.8 Å². The van der Waals surface area contributed by atoms with Crippen molar-refractivity contribution < 1.29 is 28.8 Å². The van der Waals surface area contributed by atoms with Gasteiger partial charge in [-0.05, 0) is 62.5 Å². The molecule has 1 fully saturated rings. The lowest BCUT2D eigenvalue weighted by Gasteiger charge is -2.35. The molecule has 14 heteroatoms. The average molecular weight is 947 g/mol. The van der Waals surface area contributed by atoms with Crippen molar-refractivity contribution >= 4 is 58.2 Å². The summed E-state index contributed by atoms with van der Waals surface area (Å²) in [5, 5.41) is 5.79.